The fourth-order valence-corrected chi connectivity index (χ4v) is 4.76. The Kier molecular flexibility index (Phi) is 3.94. The molecule has 1 aromatic carbocycles. The molecule has 0 bridgehead atoms. The van der Waals surface area contributed by atoms with Crippen LogP contribution in [0.1, 0.15) is 26.7 Å². The molecule has 1 heterocycles. The van der Waals surface area contributed by atoms with E-state index in [1.54, 1.807) is 7.05 Å². The Balaban J connectivity index is 2.58. The van der Waals surface area contributed by atoms with Gasteiger partial charge in [0.15, 0.2) is 0 Å². The molecule has 0 atom stereocenters. The molecule has 1 aliphatic heterocycles. The van der Waals surface area contributed by atoms with Crippen molar-refractivity contribution in [3.05, 3.63) is 28.3 Å². The summed E-state index contributed by atoms with van der Waals surface area (Å²) in [7, 11) is -2.19. The first kappa shape index (κ1) is 15.7. The van der Waals surface area contributed by atoms with Gasteiger partial charge >= 0.3 is 0 Å². The minimum absolute atomic E-state index is 0.0471. The van der Waals surface area contributed by atoms with Gasteiger partial charge in [0.2, 0.25) is 10.0 Å². The van der Waals surface area contributed by atoms with E-state index >= 15 is 0 Å². The smallest absolute Gasteiger partial charge is 0.270 e. The first-order valence-corrected chi connectivity index (χ1v) is 8.13. The zero-order valence-electron chi connectivity index (χ0n) is 12.3. The lowest BCUT2D eigenvalue weighted by Crippen LogP contribution is -2.42. The number of rotatable bonds is 4. The lowest BCUT2D eigenvalue weighted by Gasteiger charge is -2.31. The Morgan fingerprint density at radius 2 is 2.05 bits per heavy atom. The number of nitrogens with one attached hydrogen (secondary N) is 1. The molecule has 1 N–H and O–H groups in total. The summed E-state index contributed by atoms with van der Waals surface area (Å²) in [5, 5.41) is 13.7. The Morgan fingerprint density at radius 1 is 1.38 bits per heavy atom. The predicted molar refractivity (Wildman–Crippen MR) is 79.8 cm³/mol. The second-order valence-corrected chi connectivity index (χ2v) is 7.51. The summed E-state index contributed by atoms with van der Waals surface area (Å²) in [6, 6.07) is 3.84. The number of sulfonamides is 1. The topological polar surface area (TPSA) is 92.5 Å². The van der Waals surface area contributed by atoms with Crippen LogP contribution in [0.4, 0.5) is 11.4 Å². The maximum atomic E-state index is 12.9. The normalized spacial score (nSPS) is 18.6. The Labute approximate surface area is 124 Å². The molecule has 0 aromatic heterocycles. The first-order valence-electron chi connectivity index (χ1n) is 6.69. The quantitative estimate of drug-likeness (QED) is 0.679. The third-order valence-corrected chi connectivity index (χ3v) is 5.99. The molecule has 0 radical (unpaired) electrons. The molecule has 1 saturated heterocycles. The van der Waals surface area contributed by atoms with E-state index in [-0.39, 0.29) is 10.6 Å². The van der Waals surface area contributed by atoms with Gasteiger partial charge in [-0.15, -0.1) is 0 Å². The molecular weight excluding hydrogens is 294 g/mol. The van der Waals surface area contributed by atoms with Gasteiger partial charge in [0, 0.05) is 31.3 Å². The van der Waals surface area contributed by atoms with E-state index in [1.807, 2.05) is 13.8 Å². The van der Waals surface area contributed by atoms with Crippen molar-refractivity contribution in [2.24, 2.45) is 0 Å². The highest BCUT2D eigenvalue weighted by Gasteiger charge is 2.42. The maximum absolute atomic E-state index is 12.9. The summed E-state index contributed by atoms with van der Waals surface area (Å²) in [4.78, 5) is 10.3. The number of nitro benzene ring substituents is 1. The molecule has 1 fully saturated rings. The monoisotopic (exact) mass is 313 g/mol. The summed E-state index contributed by atoms with van der Waals surface area (Å²) in [5.74, 6) is 0. The third kappa shape index (κ3) is 2.73. The van der Waals surface area contributed by atoms with Gasteiger partial charge in [0.1, 0.15) is 4.90 Å². The average molecular weight is 313 g/mol. The fraction of sp³-hybridized carbons (Fsp3) is 0.538. The summed E-state index contributed by atoms with van der Waals surface area (Å²) in [5.41, 5.74) is -0.345. The van der Waals surface area contributed by atoms with E-state index in [4.69, 9.17) is 0 Å². The van der Waals surface area contributed by atoms with Crippen LogP contribution in [0.25, 0.3) is 0 Å². The number of hydrogen-bond acceptors (Lipinski definition) is 5. The molecule has 2 rings (SSSR count). The van der Waals surface area contributed by atoms with Gasteiger partial charge in [-0.3, -0.25) is 10.1 Å². The molecule has 21 heavy (non-hydrogen) atoms. The molecule has 0 amide bonds. The molecule has 7 nitrogen and oxygen atoms in total. The molecule has 0 aliphatic carbocycles. The van der Waals surface area contributed by atoms with Crippen molar-refractivity contribution in [2.45, 2.75) is 37.1 Å². The minimum atomic E-state index is -3.78. The zero-order chi connectivity index (χ0) is 15.8. The molecule has 1 aliphatic rings. The fourth-order valence-electron chi connectivity index (χ4n) is 2.69. The lowest BCUT2D eigenvalue weighted by atomic mass is 10.0. The number of nitrogens with zero attached hydrogens (tertiary/aromatic N) is 2. The van der Waals surface area contributed by atoms with Crippen molar-refractivity contribution >= 4 is 21.4 Å². The van der Waals surface area contributed by atoms with Crippen LogP contribution in [0.15, 0.2) is 23.1 Å². The number of non-ortho nitro benzene ring substituents is 1. The van der Waals surface area contributed by atoms with Gasteiger partial charge in [0.25, 0.3) is 5.69 Å². The molecule has 0 unspecified atom stereocenters. The summed E-state index contributed by atoms with van der Waals surface area (Å²) in [6.45, 7) is 4.17. The van der Waals surface area contributed by atoms with Crippen LogP contribution in [0.2, 0.25) is 0 Å². The maximum Gasteiger partial charge on any atom is 0.270 e. The molecular formula is C13H19N3O4S. The number of benzene rings is 1. The van der Waals surface area contributed by atoms with Crippen molar-refractivity contribution in [1.82, 2.24) is 4.31 Å². The van der Waals surface area contributed by atoms with Gasteiger partial charge in [-0.1, -0.05) is 0 Å². The molecule has 116 valence electrons. The van der Waals surface area contributed by atoms with Crippen LogP contribution in [0.5, 0.6) is 0 Å². The second-order valence-electron chi connectivity index (χ2n) is 5.68. The van der Waals surface area contributed by atoms with Crippen LogP contribution in [-0.4, -0.2) is 36.8 Å². The van der Waals surface area contributed by atoms with Gasteiger partial charge in [-0.05, 0) is 32.8 Å². The van der Waals surface area contributed by atoms with E-state index < -0.39 is 20.5 Å². The Morgan fingerprint density at radius 3 is 2.52 bits per heavy atom. The highest BCUT2D eigenvalue weighted by Crippen LogP contribution is 2.37. The zero-order valence-corrected chi connectivity index (χ0v) is 13.1. The highest BCUT2D eigenvalue weighted by atomic mass is 32.2. The van der Waals surface area contributed by atoms with Crippen molar-refractivity contribution in [3.8, 4) is 0 Å². The van der Waals surface area contributed by atoms with Crippen LogP contribution < -0.4 is 5.32 Å². The van der Waals surface area contributed by atoms with Crippen molar-refractivity contribution in [2.75, 3.05) is 18.9 Å². The van der Waals surface area contributed by atoms with Crippen molar-refractivity contribution in [1.29, 1.82) is 0 Å². The van der Waals surface area contributed by atoms with Crippen LogP contribution >= 0.6 is 0 Å². The summed E-state index contributed by atoms with van der Waals surface area (Å²) < 4.78 is 27.2. The van der Waals surface area contributed by atoms with Gasteiger partial charge in [-0.25, -0.2) is 8.42 Å². The van der Waals surface area contributed by atoms with E-state index in [0.29, 0.717) is 12.2 Å². The third-order valence-electron chi connectivity index (χ3n) is 3.84. The Hall–Kier alpha value is -1.67. The SMILES string of the molecule is CNc1ccc([N+](=O)[O-])cc1S(=O)(=O)N1CCCC1(C)C. The summed E-state index contributed by atoms with van der Waals surface area (Å²) in [6.07, 6.45) is 1.56. The van der Waals surface area contributed by atoms with Crippen LogP contribution in [0, 0.1) is 10.1 Å². The van der Waals surface area contributed by atoms with E-state index in [2.05, 4.69) is 5.32 Å². The van der Waals surface area contributed by atoms with Crippen LogP contribution in [-0.2, 0) is 10.0 Å². The second kappa shape index (κ2) is 5.27. The Bertz CT molecular complexity index is 670. The molecule has 1 aromatic rings. The highest BCUT2D eigenvalue weighted by molar-refractivity contribution is 7.89. The van der Waals surface area contributed by atoms with Crippen molar-refractivity contribution in [3.63, 3.8) is 0 Å². The predicted octanol–water partition coefficient (Wildman–Crippen LogP) is 2.20. The largest absolute Gasteiger partial charge is 0.387 e. The van der Waals surface area contributed by atoms with E-state index in [0.717, 1.165) is 18.9 Å². The van der Waals surface area contributed by atoms with Gasteiger partial charge < -0.3 is 5.32 Å². The van der Waals surface area contributed by atoms with Crippen LogP contribution in [0.3, 0.4) is 0 Å². The van der Waals surface area contributed by atoms with Crippen molar-refractivity contribution < 1.29 is 13.3 Å². The average Bonchev–Trinajstić information content (AvgIpc) is 2.78. The number of hydrogen-bond donors (Lipinski definition) is 1. The molecule has 8 heteroatoms. The summed E-state index contributed by atoms with van der Waals surface area (Å²) >= 11 is 0. The molecule has 0 saturated carbocycles. The van der Waals surface area contributed by atoms with Gasteiger partial charge in [-0.2, -0.15) is 4.31 Å². The minimum Gasteiger partial charge on any atom is -0.387 e. The van der Waals surface area contributed by atoms with E-state index in [9.17, 15) is 18.5 Å². The first-order chi connectivity index (χ1) is 9.70. The van der Waals surface area contributed by atoms with Gasteiger partial charge in [0.05, 0.1) is 10.6 Å². The standard InChI is InChI=1S/C13H19N3O4S/c1-13(2)7-4-8-15(13)21(19,20)12-9-10(16(17)18)5-6-11(12)14-3/h5-6,9,14H,4,7-8H2,1-3H3. The number of anilines is 1. The molecule has 0 spiro atoms. The van der Waals surface area contributed by atoms with E-state index in [1.165, 1.54) is 16.4 Å². The lowest BCUT2D eigenvalue weighted by molar-refractivity contribution is -0.385. The number of nitro groups is 1.